The van der Waals surface area contributed by atoms with Crippen molar-refractivity contribution in [1.82, 2.24) is 4.72 Å². The van der Waals surface area contributed by atoms with Crippen LogP contribution in [0.3, 0.4) is 0 Å². The Kier molecular flexibility index (Phi) is 4.84. The molecule has 0 spiro atoms. The van der Waals surface area contributed by atoms with Crippen molar-refractivity contribution >= 4 is 10.0 Å². The summed E-state index contributed by atoms with van der Waals surface area (Å²) < 4.78 is 40.3. The fraction of sp³-hybridized carbons (Fsp3) is 0.500. The fourth-order valence-electron chi connectivity index (χ4n) is 1.66. The van der Waals surface area contributed by atoms with Crippen LogP contribution in [0.25, 0.3) is 0 Å². The lowest BCUT2D eigenvalue weighted by Gasteiger charge is -2.28. The van der Waals surface area contributed by atoms with Gasteiger partial charge in [-0.05, 0) is 38.4 Å². The molecule has 3 N–H and O–H groups in total. The molecule has 1 atom stereocenters. The van der Waals surface area contributed by atoms with E-state index in [1.165, 1.54) is 18.2 Å². The average Bonchev–Trinajstić information content (AvgIpc) is 2.29. The van der Waals surface area contributed by atoms with E-state index < -0.39 is 21.4 Å². The first kappa shape index (κ1) is 15.1. The third-order valence-corrected chi connectivity index (χ3v) is 4.66. The maximum absolute atomic E-state index is 13.5. The van der Waals surface area contributed by atoms with Gasteiger partial charge in [0, 0.05) is 5.54 Å². The fourth-order valence-corrected chi connectivity index (χ4v) is 3.25. The molecule has 0 fully saturated rings. The van der Waals surface area contributed by atoms with E-state index in [0.29, 0.717) is 19.4 Å². The number of hydrogen-bond acceptors (Lipinski definition) is 3. The molecule has 1 aromatic carbocycles. The van der Waals surface area contributed by atoms with Gasteiger partial charge in [0.1, 0.15) is 10.7 Å². The molecule has 0 aliphatic rings. The SMILES string of the molecule is CCC(C)(CCN)NS(=O)(=O)c1ccccc1F. The number of benzene rings is 1. The Bertz CT molecular complexity index is 505. The van der Waals surface area contributed by atoms with Crippen LogP contribution in [0.2, 0.25) is 0 Å². The summed E-state index contributed by atoms with van der Waals surface area (Å²) in [5.74, 6) is -0.754. The van der Waals surface area contributed by atoms with E-state index in [1.54, 1.807) is 6.92 Å². The van der Waals surface area contributed by atoms with E-state index in [0.717, 1.165) is 6.07 Å². The third-order valence-electron chi connectivity index (χ3n) is 2.98. The third kappa shape index (κ3) is 3.51. The lowest BCUT2D eigenvalue weighted by Crippen LogP contribution is -2.46. The molecule has 0 aliphatic carbocycles. The predicted molar refractivity (Wildman–Crippen MR) is 69.1 cm³/mol. The topological polar surface area (TPSA) is 72.2 Å². The average molecular weight is 274 g/mol. The minimum absolute atomic E-state index is 0.332. The second kappa shape index (κ2) is 5.77. The molecule has 0 aromatic heterocycles. The second-order valence-corrected chi connectivity index (χ2v) is 6.14. The van der Waals surface area contributed by atoms with E-state index in [9.17, 15) is 12.8 Å². The highest BCUT2D eigenvalue weighted by Gasteiger charge is 2.29. The Hall–Kier alpha value is -0.980. The first-order valence-corrected chi connectivity index (χ1v) is 7.31. The van der Waals surface area contributed by atoms with Gasteiger partial charge < -0.3 is 5.73 Å². The first-order chi connectivity index (χ1) is 8.34. The molecule has 102 valence electrons. The molecule has 0 saturated heterocycles. The van der Waals surface area contributed by atoms with Crippen molar-refractivity contribution in [1.29, 1.82) is 0 Å². The van der Waals surface area contributed by atoms with Crippen LogP contribution in [0, 0.1) is 5.82 Å². The Morgan fingerprint density at radius 1 is 1.39 bits per heavy atom. The summed E-state index contributed by atoms with van der Waals surface area (Å²) in [4.78, 5) is -0.332. The van der Waals surface area contributed by atoms with Crippen molar-refractivity contribution in [2.45, 2.75) is 37.1 Å². The van der Waals surface area contributed by atoms with Crippen LogP contribution in [0.5, 0.6) is 0 Å². The summed E-state index contributed by atoms with van der Waals surface area (Å²) in [7, 11) is -3.86. The highest BCUT2D eigenvalue weighted by atomic mass is 32.2. The maximum Gasteiger partial charge on any atom is 0.243 e. The Balaban J connectivity index is 3.06. The summed E-state index contributed by atoms with van der Waals surface area (Å²) in [6.07, 6.45) is 1.08. The second-order valence-electron chi connectivity index (χ2n) is 4.49. The number of halogens is 1. The van der Waals surface area contributed by atoms with Crippen LogP contribution in [0.1, 0.15) is 26.7 Å². The van der Waals surface area contributed by atoms with Gasteiger partial charge in [-0.2, -0.15) is 0 Å². The molecule has 1 aromatic rings. The van der Waals surface area contributed by atoms with E-state index in [1.807, 2.05) is 6.92 Å². The van der Waals surface area contributed by atoms with Gasteiger partial charge in [-0.1, -0.05) is 19.1 Å². The smallest absolute Gasteiger partial charge is 0.243 e. The van der Waals surface area contributed by atoms with Gasteiger partial charge in [-0.15, -0.1) is 0 Å². The molecule has 0 amide bonds. The molecule has 0 aliphatic heterocycles. The van der Waals surface area contributed by atoms with Crippen molar-refractivity contribution in [3.8, 4) is 0 Å². The van der Waals surface area contributed by atoms with E-state index in [4.69, 9.17) is 5.73 Å². The van der Waals surface area contributed by atoms with Crippen LogP contribution < -0.4 is 10.5 Å². The molecule has 1 rings (SSSR count). The van der Waals surface area contributed by atoms with Gasteiger partial charge in [-0.3, -0.25) is 0 Å². The molecule has 0 saturated carbocycles. The number of nitrogens with one attached hydrogen (secondary N) is 1. The minimum atomic E-state index is -3.86. The number of sulfonamides is 1. The van der Waals surface area contributed by atoms with Gasteiger partial charge in [-0.25, -0.2) is 17.5 Å². The van der Waals surface area contributed by atoms with Gasteiger partial charge in [0.05, 0.1) is 0 Å². The Morgan fingerprint density at radius 3 is 2.50 bits per heavy atom. The van der Waals surface area contributed by atoms with Crippen molar-refractivity contribution < 1.29 is 12.8 Å². The van der Waals surface area contributed by atoms with Crippen LogP contribution in [0.4, 0.5) is 4.39 Å². The van der Waals surface area contributed by atoms with Gasteiger partial charge in [0.25, 0.3) is 0 Å². The molecule has 1 unspecified atom stereocenters. The van der Waals surface area contributed by atoms with Gasteiger partial charge >= 0.3 is 0 Å². The van der Waals surface area contributed by atoms with Crippen LogP contribution in [-0.4, -0.2) is 20.5 Å². The predicted octanol–water partition coefficient (Wildman–Crippen LogP) is 1.62. The van der Waals surface area contributed by atoms with Crippen molar-refractivity contribution in [2.75, 3.05) is 6.54 Å². The minimum Gasteiger partial charge on any atom is -0.330 e. The normalized spacial score (nSPS) is 15.3. The molecule has 18 heavy (non-hydrogen) atoms. The Morgan fingerprint density at radius 2 is 2.00 bits per heavy atom. The monoisotopic (exact) mass is 274 g/mol. The van der Waals surface area contributed by atoms with E-state index >= 15 is 0 Å². The zero-order valence-electron chi connectivity index (χ0n) is 10.6. The quantitative estimate of drug-likeness (QED) is 0.828. The highest BCUT2D eigenvalue weighted by molar-refractivity contribution is 7.89. The first-order valence-electron chi connectivity index (χ1n) is 5.83. The summed E-state index contributed by atoms with van der Waals surface area (Å²) in [6.45, 7) is 3.99. The lowest BCUT2D eigenvalue weighted by molar-refractivity contribution is 0.378. The molecular formula is C12H19FN2O2S. The van der Waals surface area contributed by atoms with Crippen molar-refractivity contribution in [3.05, 3.63) is 30.1 Å². The lowest BCUT2D eigenvalue weighted by atomic mass is 9.96. The molecule has 0 heterocycles. The van der Waals surface area contributed by atoms with E-state index in [2.05, 4.69) is 4.72 Å². The van der Waals surface area contributed by atoms with Gasteiger partial charge in [0.15, 0.2) is 0 Å². The molecule has 6 heteroatoms. The summed E-state index contributed by atoms with van der Waals surface area (Å²) in [5, 5.41) is 0. The van der Waals surface area contributed by atoms with Gasteiger partial charge in [0.2, 0.25) is 10.0 Å². The largest absolute Gasteiger partial charge is 0.330 e. The maximum atomic E-state index is 13.5. The highest BCUT2D eigenvalue weighted by Crippen LogP contribution is 2.20. The van der Waals surface area contributed by atoms with Crippen molar-refractivity contribution in [2.24, 2.45) is 5.73 Å². The number of hydrogen-bond donors (Lipinski definition) is 2. The van der Waals surface area contributed by atoms with Crippen LogP contribution in [0.15, 0.2) is 29.2 Å². The zero-order valence-corrected chi connectivity index (χ0v) is 11.4. The summed E-state index contributed by atoms with van der Waals surface area (Å²) in [5.41, 5.74) is 4.81. The zero-order chi connectivity index (χ0) is 13.8. The summed E-state index contributed by atoms with van der Waals surface area (Å²) >= 11 is 0. The van der Waals surface area contributed by atoms with E-state index in [-0.39, 0.29) is 4.90 Å². The molecular weight excluding hydrogens is 255 g/mol. The van der Waals surface area contributed by atoms with Crippen LogP contribution in [-0.2, 0) is 10.0 Å². The standard InChI is InChI=1S/C12H19FN2O2S/c1-3-12(2,8-9-14)15-18(16,17)11-7-5-4-6-10(11)13/h4-7,15H,3,8-9,14H2,1-2H3. The summed E-state index contributed by atoms with van der Waals surface area (Å²) in [6, 6.07) is 5.31. The molecule has 4 nitrogen and oxygen atoms in total. The number of rotatable bonds is 6. The molecule has 0 bridgehead atoms. The van der Waals surface area contributed by atoms with Crippen molar-refractivity contribution in [3.63, 3.8) is 0 Å². The number of nitrogens with two attached hydrogens (primary N) is 1. The van der Waals surface area contributed by atoms with Crippen LogP contribution >= 0.6 is 0 Å². The Labute approximate surface area is 107 Å². The molecule has 0 radical (unpaired) electrons.